The van der Waals surface area contributed by atoms with Crippen LogP contribution in [0.5, 0.6) is 0 Å². The lowest BCUT2D eigenvalue weighted by atomic mass is 9.82. The maximum atomic E-state index is 14.3. The van der Waals surface area contributed by atoms with E-state index in [1.165, 1.54) is 13.8 Å². The fourth-order valence-electron chi connectivity index (χ4n) is 3.78. The van der Waals surface area contributed by atoms with Crippen LogP contribution in [0.15, 0.2) is 0 Å². The van der Waals surface area contributed by atoms with Crippen LogP contribution >= 0.6 is 0 Å². The van der Waals surface area contributed by atoms with Gasteiger partial charge < -0.3 is 0 Å². The molecule has 1 rings (SSSR count). The van der Waals surface area contributed by atoms with E-state index < -0.39 is 96.5 Å². The Hall–Kier alpha value is -1.47. The summed E-state index contributed by atoms with van der Waals surface area (Å²) in [6.45, 7) is 2.60. The molecule has 0 radical (unpaired) electrons. The molecular weight excluding hydrogens is 615 g/mol. The van der Waals surface area contributed by atoms with Crippen molar-refractivity contribution in [3.8, 4) is 0 Å². The van der Waals surface area contributed by atoms with Crippen LogP contribution in [0, 0.1) is 17.8 Å². The Balaban J connectivity index is 3.70. The standard InChI is InChI=1S/C18H15F21/c1-6(2)7-3-4-8(5-7)9(19,20)10(21,22)11(23,24)12(25,26)13(27,28)14(29,30)15(31,32)16(33,34)17(35,36)18(37,38)39/h6-8H,3-5H2,1-2H3. The number of rotatable bonds is 10. The fraction of sp³-hybridized carbons (Fsp3) is 1.00. The van der Waals surface area contributed by atoms with Gasteiger partial charge in [-0.25, -0.2) is 0 Å². The van der Waals surface area contributed by atoms with Crippen molar-refractivity contribution in [1.29, 1.82) is 0 Å². The predicted octanol–water partition coefficient (Wildman–Crippen LogP) is 9.34. The van der Waals surface area contributed by atoms with Crippen LogP contribution in [0.2, 0.25) is 0 Å². The highest BCUT2D eigenvalue weighted by atomic mass is 19.4. The van der Waals surface area contributed by atoms with Gasteiger partial charge in [0.2, 0.25) is 0 Å². The molecule has 0 bridgehead atoms. The smallest absolute Gasteiger partial charge is 0.199 e. The van der Waals surface area contributed by atoms with Gasteiger partial charge >= 0.3 is 59.5 Å². The van der Waals surface area contributed by atoms with E-state index in [1.807, 2.05) is 0 Å². The zero-order chi connectivity index (χ0) is 31.9. The summed E-state index contributed by atoms with van der Waals surface area (Å²) in [5, 5.41) is 0. The van der Waals surface area contributed by atoms with E-state index in [1.54, 1.807) is 0 Å². The average molecular weight is 630 g/mol. The molecule has 0 spiro atoms. The molecule has 1 saturated carbocycles. The quantitative estimate of drug-likeness (QED) is 0.211. The van der Waals surface area contributed by atoms with Crippen molar-refractivity contribution in [2.75, 3.05) is 0 Å². The fourth-order valence-corrected chi connectivity index (χ4v) is 3.78. The SMILES string of the molecule is CC(C)C1CCC(C(F)(F)C(F)(F)C(F)(F)C(F)(F)C(F)(F)C(F)(F)C(F)(F)C(F)(F)C(F)(F)C(F)(F)F)C1. The highest BCUT2D eigenvalue weighted by Gasteiger charge is 2.98. The Morgan fingerprint density at radius 3 is 0.949 bits per heavy atom. The monoisotopic (exact) mass is 630 g/mol. The third kappa shape index (κ3) is 4.49. The minimum absolute atomic E-state index is 0.446. The number of halogens is 21. The van der Waals surface area contributed by atoms with Crippen LogP contribution in [-0.4, -0.2) is 59.5 Å². The second-order valence-corrected chi connectivity index (χ2v) is 9.23. The molecule has 0 nitrogen and oxygen atoms in total. The first-order valence-corrected chi connectivity index (χ1v) is 10.1. The van der Waals surface area contributed by atoms with Gasteiger partial charge in [0.15, 0.2) is 0 Å². The molecule has 1 aliphatic carbocycles. The normalized spacial score (nSPS) is 22.2. The van der Waals surface area contributed by atoms with Crippen molar-refractivity contribution >= 4 is 0 Å². The minimum Gasteiger partial charge on any atom is -0.199 e. The van der Waals surface area contributed by atoms with Gasteiger partial charge in [-0.15, -0.1) is 0 Å². The molecule has 21 heteroatoms. The molecule has 234 valence electrons. The molecule has 0 saturated heterocycles. The second-order valence-electron chi connectivity index (χ2n) is 9.23. The summed E-state index contributed by atoms with van der Waals surface area (Å²) in [6, 6.07) is 0. The largest absolute Gasteiger partial charge is 0.460 e. The molecule has 1 fully saturated rings. The van der Waals surface area contributed by atoms with E-state index in [2.05, 4.69) is 0 Å². The van der Waals surface area contributed by atoms with E-state index in [4.69, 9.17) is 0 Å². The summed E-state index contributed by atoms with van der Waals surface area (Å²) in [6.07, 6.45) is -10.7. The topological polar surface area (TPSA) is 0 Å². The zero-order valence-corrected chi connectivity index (χ0v) is 18.8. The Bertz CT molecular complexity index is 880. The third-order valence-electron chi connectivity index (χ3n) is 6.46. The summed E-state index contributed by atoms with van der Waals surface area (Å²) >= 11 is 0. The van der Waals surface area contributed by atoms with Gasteiger partial charge in [-0.3, -0.25) is 0 Å². The summed E-state index contributed by atoms with van der Waals surface area (Å²) in [5.41, 5.74) is 0. The highest BCUT2D eigenvalue weighted by Crippen LogP contribution is 2.67. The van der Waals surface area contributed by atoms with Crippen molar-refractivity contribution in [3.63, 3.8) is 0 Å². The molecule has 0 N–H and O–H groups in total. The van der Waals surface area contributed by atoms with Gasteiger partial charge in [-0.2, -0.15) is 92.2 Å². The van der Waals surface area contributed by atoms with Crippen molar-refractivity contribution < 1.29 is 92.2 Å². The van der Waals surface area contributed by atoms with Crippen molar-refractivity contribution in [1.82, 2.24) is 0 Å². The molecule has 39 heavy (non-hydrogen) atoms. The van der Waals surface area contributed by atoms with Gasteiger partial charge in [-0.1, -0.05) is 13.8 Å². The van der Waals surface area contributed by atoms with Crippen LogP contribution in [0.3, 0.4) is 0 Å². The molecular formula is C18H15F21. The molecule has 0 aromatic heterocycles. The van der Waals surface area contributed by atoms with Crippen molar-refractivity contribution in [2.45, 2.75) is 92.6 Å². The van der Waals surface area contributed by atoms with Gasteiger partial charge in [0, 0.05) is 5.92 Å². The van der Waals surface area contributed by atoms with Gasteiger partial charge in [-0.05, 0) is 31.1 Å². The lowest BCUT2D eigenvalue weighted by Crippen LogP contribution is -2.77. The third-order valence-corrected chi connectivity index (χ3v) is 6.46. The van der Waals surface area contributed by atoms with Crippen LogP contribution < -0.4 is 0 Å². The lowest BCUT2D eigenvalue weighted by Gasteiger charge is -2.45. The first-order valence-electron chi connectivity index (χ1n) is 10.1. The van der Waals surface area contributed by atoms with Crippen molar-refractivity contribution in [2.24, 2.45) is 17.8 Å². The predicted molar refractivity (Wildman–Crippen MR) is 86.2 cm³/mol. The summed E-state index contributed by atoms with van der Waals surface area (Å²) < 4.78 is 282. The van der Waals surface area contributed by atoms with Gasteiger partial charge in [0.1, 0.15) is 0 Å². The van der Waals surface area contributed by atoms with E-state index in [0.29, 0.717) is 0 Å². The molecule has 2 unspecified atom stereocenters. The average Bonchev–Trinajstić information content (AvgIpc) is 3.23. The molecule has 2 atom stereocenters. The molecule has 0 aliphatic heterocycles. The number of hydrogen-bond acceptors (Lipinski definition) is 0. The van der Waals surface area contributed by atoms with Crippen LogP contribution in [0.25, 0.3) is 0 Å². The molecule has 0 amide bonds. The van der Waals surface area contributed by atoms with Gasteiger partial charge in [0.05, 0.1) is 0 Å². The Morgan fingerprint density at radius 1 is 0.410 bits per heavy atom. The first-order chi connectivity index (χ1) is 16.7. The molecule has 0 aromatic rings. The van der Waals surface area contributed by atoms with E-state index >= 15 is 0 Å². The number of alkyl halides is 21. The zero-order valence-electron chi connectivity index (χ0n) is 18.8. The van der Waals surface area contributed by atoms with Crippen LogP contribution in [-0.2, 0) is 0 Å². The highest BCUT2D eigenvalue weighted by molar-refractivity contribution is 5.18. The molecule has 0 aromatic carbocycles. The van der Waals surface area contributed by atoms with E-state index in [0.717, 1.165) is 0 Å². The lowest BCUT2D eigenvalue weighted by molar-refractivity contribution is -0.475. The van der Waals surface area contributed by atoms with Crippen LogP contribution in [0.1, 0.15) is 33.1 Å². The minimum atomic E-state index is -9.13. The number of hydrogen-bond donors (Lipinski definition) is 0. The Kier molecular flexibility index (Phi) is 8.45. The first kappa shape index (κ1) is 35.6. The van der Waals surface area contributed by atoms with E-state index in [-0.39, 0.29) is 0 Å². The van der Waals surface area contributed by atoms with Crippen LogP contribution in [0.4, 0.5) is 92.2 Å². The maximum absolute atomic E-state index is 14.3. The summed E-state index contributed by atoms with van der Waals surface area (Å²) in [5.74, 6) is -80.9. The Morgan fingerprint density at radius 2 is 0.692 bits per heavy atom. The maximum Gasteiger partial charge on any atom is 0.460 e. The van der Waals surface area contributed by atoms with Gasteiger partial charge in [0.25, 0.3) is 0 Å². The summed E-state index contributed by atoms with van der Waals surface area (Å²) in [4.78, 5) is 0. The van der Waals surface area contributed by atoms with E-state index in [9.17, 15) is 92.2 Å². The molecule has 0 heterocycles. The Labute approximate surface area is 203 Å². The molecule has 1 aliphatic rings. The summed E-state index contributed by atoms with van der Waals surface area (Å²) in [7, 11) is 0. The van der Waals surface area contributed by atoms with Crippen molar-refractivity contribution in [3.05, 3.63) is 0 Å². The second kappa shape index (κ2) is 9.27.